The molecule has 0 radical (unpaired) electrons. The van der Waals surface area contributed by atoms with Gasteiger partial charge < -0.3 is 5.32 Å². The summed E-state index contributed by atoms with van der Waals surface area (Å²) in [6.45, 7) is 9.29. The first-order valence-electron chi connectivity index (χ1n) is 8.62. The van der Waals surface area contributed by atoms with Crippen molar-refractivity contribution >= 4 is 23.2 Å². The van der Waals surface area contributed by atoms with Gasteiger partial charge in [0.1, 0.15) is 0 Å². The molecular formula is C20H26Cl2N2. The van der Waals surface area contributed by atoms with Gasteiger partial charge in [0.25, 0.3) is 0 Å². The van der Waals surface area contributed by atoms with Gasteiger partial charge in [-0.2, -0.15) is 0 Å². The van der Waals surface area contributed by atoms with Crippen molar-refractivity contribution in [3.8, 4) is 0 Å². The number of piperazine rings is 1. The predicted octanol–water partition coefficient (Wildman–Crippen LogP) is 5.40. The van der Waals surface area contributed by atoms with Crippen LogP contribution in [0.15, 0.2) is 48.5 Å². The van der Waals surface area contributed by atoms with Crippen molar-refractivity contribution in [1.29, 1.82) is 0 Å². The van der Waals surface area contributed by atoms with Crippen molar-refractivity contribution in [2.75, 3.05) is 19.6 Å². The number of benzene rings is 2. The highest BCUT2D eigenvalue weighted by Gasteiger charge is 2.26. The molecule has 1 aliphatic rings. The van der Waals surface area contributed by atoms with Gasteiger partial charge in [0.05, 0.1) is 6.04 Å². The van der Waals surface area contributed by atoms with E-state index in [0.717, 1.165) is 29.7 Å². The first-order valence-corrected chi connectivity index (χ1v) is 9.37. The Morgan fingerprint density at radius 3 is 1.79 bits per heavy atom. The van der Waals surface area contributed by atoms with Crippen molar-refractivity contribution in [3.63, 3.8) is 0 Å². The molecule has 24 heavy (non-hydrogen) atoms. The van der Waals surface area contributed by atoms with Gasteiger partial charge >= 0.3 is 0 Å². The maximum Gasteiger partial charge on any atom is 0.0602 e. The van der Waals surface area contributed by atoms with Crippen LogP contribution in [0.4, 0.5) is 0 Å². The third-order valence-electron chi connectivity index (χ3n) is 4.14. The summed E-state index contributed by atoms with van der Waals surface area (Å²) in [5.74, 6) is 0. The van der Waals surface area contributed by atoms with Crippen LogP contribution in [0.1, 0.15) is 37.9 Å². The normalized spacial score (nSPS) is 18.2. The second-order valence-corrected chi connectivity index (χ2v) is 6.73. The van der Waals surface area contributed by atoms with E-state index in [0.29, 0.717) is 6.04 Å². The summed E-state index contributed by atoms with van der Waals surface area (Å²) < 4.78 is 0. The third-order valence-corrected chi connectivity index (χ3v) is 4.64. The first-order chi connectivity index (χ1) is 11.6. The molecule has 1 N–H and O–H groups in total. The van der Waals surface area contributed by atoms with Crippen LogP contribution >= 0.6 is 23.2 Å². The van der Waals surface area contributed by atoms with Gasteiger partial charge in [-0.05, 0) is 42.3 Å². The van der Waals surface area contributed by atoms with Crippen LogP contribution in [0.3, 0.4) is 0 Å². The van der Waals surface area contributed by atoms with Crippen LogP contribution < -0.4 is 5.32 Å². The SMILES string of the molecule is CC.CC1CN(C(c2ccc(Cl)cc2)c2ccc(Cl)cc2)CCN1. The smallest absolute Gasteiger partial charge is 0.0602 e. The molecule has 1 fully saturated rings. The molecule has 0 aliphatic carbocycles. The Morgan fingerprint density at radius 2 is 1.38 bits per heavy atom. The third kappa shape index (κ3) is 4.97. The topological polar surface area (TPSA) is 15.3 Å². The van der Waals surface area contributed by atoms with Gasteiger partial charge in [0.15, 0.2) is 0 Å². The fourth-order valence-electron chi connectivity index (χ4n) is 3.10. The Kier molecular flexibility index (Phi) is 7.57. The van der Waals surface area contributed by atoms with Crippen LogP contribution in [0, 0.1) is 0 Å². The number of rotatable bonds is 3. The number of nitrogens with one attached hydrogen (secondary N) is 1. The zero-order chi connectivity index (χ0) is 17.5. The molecule has 2 nitrogen and oxygen atoms in total. The minimum atomic E-state index is 0.235. The largest absolute Gasteiger partial charge is 0.312 e. The molecule has 130 valence electrons. The van der Waals surface area contributed by atoms with E-state index in [9.17, 15) is 0 Å². The summed E-state index contributed by atoms with van der Waals surface area (Å²) in [6, 6.07) is 17.1. The van der Waals surface area contributed by atoms with Gasteiger partial charge in [-0.15, -0.1) is 0 Å². The summed E-state index contributed by atoms with van der Waals surface area (Å²) in [4.78, 5) is 2.52. The Balaban J connectivity index is 0.00000100. The maximum absolute atomic E-state index is 6.05. The van der Waals surface area contributed by atoms with Crippen LogP contribution in [0.5, 0.6) is 0 Å². The molecule has 1 heterocycles. The summed E-state index contributed by atoms with van der Waals surface area (Å²) >= 11 is 12.1. The summed E-state index contributed by atoms with van der Waals surface area (Å²) in [5.41, 5.74) is 2.53. The monoisotopic (exact) mass is 364 g/mol. The lowest BCUT2D eigenvalue weighted by atomic mass is 9.96. The summed E-state index contributed by atoms with van der Waals surface area (Å²) in [6.07, 6.45) is 0. The lowest BCUT2D eigenvalue weighted by molar-refractivity contribution is 0.170. The Labute approximate surface area is 155 Å². The predicted molar refractivity (Wildman–Crippen MR) is 105 cm³/mol. The average molecular weight is 365 g/mol. The lowest BCUT2D eigenvalue weighted by Gasteiger charge is -2.38. The lowest BCUT2D eigenvalue weighted by Crippen LogP contribution is -2.50. The van der Waals surface area contributed by atoms with Crippen molar-refractivity contribution < 1.29 is 0 Å². The van der Waals surface area contributed by atoms with E-state index in [-0.39, 0.29) is 6.04 Å². The Bertz CT molecular complexity index is 565. The van der Waals surface area contributed by atoms with E-state index in [1.54, 1.807) is 0 Å². The standard InChI is InChI=1S/C18H20Cl2N2.C2H6/c1-13-12-22(11-10-21-13)18(14-2-6-16(19)7-3-14)15-4-8-17(20)9-5-15;1-2/h2-9,13,18,21H,10-12H2,1H3;1-2H3. The molecule has 1 aliphatic heterocycles. The fourth-order valence-corrected chi connectivity index (χ4v) is 3.35. The first kappa shape index (κ1) is 19.3. The zero-order valence-electron chi connectivity index (χ0n) is 14.6. The summed E-state index contributed by atoms with van der Waals surface area (Å²) in [7, 11) is 0. The molecule has 0 amide bonds. The molecule has 0 bridgehead atoms. The quantitative estimate of drug-likeness (QED) is 0.783. The second-order valence-electron chi connectivity index (χ2n) is 5.86. The Morgan fingerprint density at radius 1 is 0.917 bits per heavy atom. The van der Waals surface area contributed by atoms with Crippen LogP contribution in [-0.4, -0.2) is 30.6 Å². The molecule has 1 unspecified atom stereocenters. The highest BCUT2D eigenvalue weighted by molar-refractivity contribution is 6.30. The maximum atomic E-state index is 6.05. The molecule has 1 saturated heterocycles. The van der Waals surface area contributed by atoms with E-state index in [1.165, 1.54) is 11.1 Å². The van der Waals surface area contributed by atoms with E-state index in [1.807, 2.05) is 38.1 Å². The molecule has 3 rings (SSSR count). The fraction of sp³-hybridized carbons (Fsp3) is 0.400. The molecule has 0 saturated carbocycles. The minimum absolute atomic E-state index is 0.235. The molecule has 2 aromatic rings. The molecule has 1 atom stereocenters. The van der Waals surface area contributed by atoms with E-state index < -0.39 is 0 Å². The van der Waals surface area contributed by atoms with Gasteiger partial charge in [-0.3, -0.25) is 4.90 Å². The Hall–Kier alpha value is -1.06. The number of halogens is 2. The molecule has 0 aromatic heterocycles. The van der Waals surface area contributed by atoms with E-state index in [2.05, 4.69) is 41.4 Å². The van der Waals surface area contributed by atoms with Gasteiger partial charge in [-0.1, -0.05) is 61.3 Å². The highest BCUT2D eigenvalue weighted by Crippen LogP contribution is 2.31. The van der Waals surface area contributed by atoms with Crippen molar-refractivity contribution in [2.24, 2.45) is 0 Å². The minimum Gasteiger partial charge on any atom is -0.312 e. The molecule has 0 spiro atoms. The number of hydrogen-bond acceptors (Lipinski definition) is 2. The van der Waals surface area contributed by atoms with Crippen molar-refractivity contribution in [3.05, 3.63) is 69.7 Å². The molecule has 2 aromatic carbocycles. The number of hydrogen-bond donors (Lipinski definition) is 1. The number of nitrogens with zero attached hydrogens (tertiary/aromatic N) is 1. The van der Waals surface area contributed by atoms with Gasteiger partial charge in [0.2, 0.25) is 0 Å². The zero-order valence-corrected chi connectivity index (χ0v) is 16.1. The summed E-state index contributed by atoms with van der Waals surface area (Å²) in [5, 5.41) is 5.05. The van der Waals surface area contributed by atoms with E-state index >= 15 is 0 Å². The van der Waals surface area contributed by atoms with Gasteiger partial charge in [-0.25, -0.2) is 0 Å². The van der Waals surface area contributed by atoms with Crippen molar-refractivity contribution in [2.45, 2.75) is 32.9 Å². The van der Waals surface area contributed by atoms with Gasteiger partial charge in [0, 0.05) is 35.7 Å². The van der Waals surface area contributed by atoms with Crippen LogP contribution in [-0.2, 0) is 0 Å². The average Bonchev–Trinajstić information content (AvgIpc) is 2.60. The highest BCUT2D eigenvalue weighted by atomic mass is 35.5. The van der Waals surface area contributed by atoms with E-state index in [4.69, 9.17) is 23.2 Å². The van der Waals surface area contributed by atoms with Crippen LogP contribution in [0.2, 0.25) is 10.0 Å². The van der Waals surface area contributed by atoms with Crippen molar-refractivity contribution in [1.82, 2.24) is 10.2 Å². The molecular weight excluding hydrogens is 339 g/mol. The second kappa shape index (κ2) is 9.43. The molecule has 4 heteroatoms. The van der Waals surface area contributed by atoms with Crippen LogP contribution in [0.25, 0.3) is 0 Å².